The van der Waals surface area contributed by atoms with E-state index in [-0.39, 0.29) is 11.2 Å². The van der Waals surface area contributed by atoms with Crippen molar-refractivity contribution < 1.29 is 9.31 Å². The molecule has 0 unspecified atom stereocenters. The molecule has 2 fully saturated rings. The maximum atomic E-state index is 6.11. The maximum Gasteiger partial charge on any atom is 0.498 e. The van der Waals surface area contributed by atoms with E-state index in [0.717, 1.165) is 44.1 Å². The second-order valence-electron chi connectivity index (χ2n) is 9.39. The molecule has 2 N–H and O–H groups in total. The summed E-state index contributed by atoms with van der Waals surface area (Å²) in [7, 11) is -0.425. The molecule has 8 heteroatoms. The van der Waals surface area contributed by atoms with Crippen molar-refractivity contribution >= 4 is 18.5 Å². The van der Waals surface area contributed by atoms with Crippen LogP contribution in [0.25, 0.3) is 0 Å². The number of rotatable bonds is 7. The van der Waals surface area contributed by atoms with Gasteiger partial charge < -0.3 is 24.8 Å². The van der Waals surface area contributed by atoms with E-state index < -0.39 is 7.12 Å². The molecule has 156 valence electrons. The monoisotopic (exact) mass is 389 g/mol. The van der Waals surface area contributed by atoms with Crippen LogP contribution in [-0.4, -0.2) is 72.0 Å². The first-order valence-electron chi connectivity index (χ1n) is 10.5. The summed E-state index contributed by atoms with van der Waals surface area (Å²) >= 11 is 0. The smallest absolute Gasteiger partial charge is 0.399 e. The van der Waals surface area contributed by atoms with E-state index in [2.05, 4.69) is 61.3 Å². The first-order valence-corrected chi connectivity index (χ1v) is 10.5. The summed E-state index contributed by atoms with van der Waals surface area (Å²) in [6.45, 7) is 17.5. The van der Waals surface area contributed by atoms with Gasteiger partial charge in [-0.15, -0.1) is 0 Å². The van der Waals surface area contributed by atoms with Crippen LogP contribution in [0.15, 0.2) is 12.4 Å². The van der Waals surface area contributed by atoms with Gasteiger partial charge in [-0.3, -0.25) is 0 Å². The number of nitrogens with two attached hydrogens (primary N) is 1. The fourth-order valence-electron chi connectivity index (χ4n) is 3.83. The number of nitrogens with zero attached hydrogens (tertiary/aromatic N) is 4. The van der Waals surface area contributed by atoms with Crippen molar-refractivity contribution in [2.24, 2.45) is 11.7 Å². The van der Waals surface area contributed by atoms with Crippen LogP contribution in [0, 0.1) is 5.92 Å². The third kappa shape index (κ3) is 4.51. The Hall–Kier alpha value is -1.22. The van der Waals surface area contributed by atoms with Crippen LogP contribution in [0.2, 0.25) is 0 Å². The first kappa shape index (κ1) is 21.5. The molecule has 28 heavy (non-hydrogen) atoms. The molecule has 1 aromatic heterocycles. The highest BCUT2D eigenvalue weighted by molar-refractivity contribution is 6.61. The van der Waals surface area contributed by atoms with Gasteiger partial charge in [0, 0.05) is 50.1 Å². The van der Waals surface area contributed by atoms with Crippen molar-refractivity contribution in [2.75, 3.05) is 37.6 Å². The summed E-state index contributed by atoms with van der Waals surface area (Å²) in [4.78, 5) is 14.1. The van der Waals surface area contributed by atoms with Crippen molar-refractivity contribution in [3.63, 3.8) is 0 Å². The van der Waals surface area contributed by atoms with Gasteiger partial charge in [-0.2, -0.15) is 0 Å². The number of likely N-dealkylation sites (tertiary alicyclic amines) is 1. The summed E-state index contributed by atoms with van der Waals surface area (Å²) in [6, 6.07) is 0.339. The molecular weight excluding hydrogens is 353 g/mol. The molecule has 2 saturated heterocycles. The van der Waals surface area contributed by atoms with E-state index in [4.69, 9.17) is 15.0 Å². The van der Waals surface area contributed by atoms with Crippen molar-refractivity contribution in [1.29, 1.82) is 0 Å². The lowest BCUT2D eigenvalue weighted by Crippen LogP contribution is -2.41. The molecule has 0 aliphatic carbocycles. The Balaban J connectivity index is 1.67. The number of hydrogen-bond acceptors (Lipinski definition) is 7. The Labute approximate surface area is 170 Å². The lowest BCUT2D eigenvalue weighted by atomic mass is 9.81. The van der Waals surface area contributed by atoms with Crippen LogP contribution in [0.3, 0.4) is 0 Å². The van der Waals surface area contributed by atoms with E-state index in [1.165, 1.54) is 6.42 Å². The molecule has 0 amide bonds. The van der Waals surface area contributed by atoms with Crippen molar-refractivity contribution in [1.82, 2.24) is 14.9 Å². The average molecular weight is 389 g/mol. The second-order valence-corrected chi connectivity index (χ2v) is 9.39. The molecule has 0 radical (unpaired) electrons. The normalized spacial score (nSPS) is 24.3. The molecule has 0 saturated carbocycles. The van der Waals surface area contributed by atoms with E-state index in [0.29, 0.717) is 12.0 Å². The first-order chi connectivity index (χ1) is 13.1. The van der Waals surface area contributed by atoms with Crippen LogP contribution < -0.4 is 16.1 Å². The standard InChI is InChI=1S/C20H36BN5O2/c1-15(2)26(14-16-7-9-25(13-16)10-8-22)18-23-11-17(12-24-18)21-27-19(3,4)20(5,6)28-21/h11-12,15-16H,7-10,13-14,22H2,1-6H3/t16-/m1/s1. The minimum Gasteiger partial charge on any atom is -0.399 e. The van der Waals surface area contributed by atoms with Crippen molar-refractivity contribution in [3.8, 4) is 0 Å². The summed E-state index contributed by atoms with van der Waals surface area (Å²) in [5, 5.41) is 0. The van der Waals surface area contributed by atoms with Crippen molar-refractivity contribution in [3.05, 3.63) is 12.4 Å². The fourth-order valence-corrected chi connectivity index (χ4v) is 3.83. The van der Waals surface area contributed by atoms with E-state index in [1.54, 1.807) is 0 Å². The van der Waals surface area contributed by atoms with Crippen LogP contribution >= 0.6 is 0 Å². The third-order valence-corrected chi connectivity index (χ3v) is 6.33. The van der Waals surface area contributed by atoms with Crippen LogP contribution in [0.5, 0.6) is 0 Å². The van der Waals surface area contributed by atoms with Gasteiger partial charge >= 0.3 is 7.12 Å². The molecule has 0 bridgehead atoms. The Kier molecular flexibility index (Phi) is 6.34. The van der Waals surface area contributed by atoms with Gasteiger partial charge in [0.2, 0.25) is 5.95 Å². The minimum absolute atomic E-state index is 0.339. The van der Waals surface area contributed by atoms with Gasteiger partial charge in [-0.05, 0) is 60.4 Å². The zero-order chi connectivity index (χ0) is 20.5. The van der Waals surface area contributed by atoms with Crippen LogP contribution in [-0.2, 0) is 9.31 Å². The van der Waals surface area contributed by atoms with Gasteiger partial charge in [0.25, 0.3) is 0 Å². The van der Waals surface area contributed by atoms with Gasteiger partial charge in [0.05, 0.1) is 11.2 Å². The maximum absolute atomic E-state index is 6.11. The zero-order valence-electron chi connectivity index (χ0n) is 18.3. The Bertz CT molecular complexity index is 637. The largest absolute Gasteiger partial charge is 0.498 e. The van der Waals surface area contributed by atoms with Crippen LogP contribution in [0.1, 0.15) is 48.0 Å². The van der Waals surface area contributed by atoms with Gasteiger partial charge in [-0.25, -0.2) is 9.97 Å². The highest BCUT2D eigenvalue weighted by Crippen LogP contribution is 2.36. The third-order valence-electron chi connectivity index (χ3n) is 6.33. The number of anilines is 1. The summed E-state index contributed by atoms with van der Waals surface area (Å²) in [5.74, 6) is 1.40. The van der Waals surface area contributed by atoms with Gasteiger partial charge in [0.15, 0.2) is 0 Å². The number of aromatic nitrogens is 2. The van der Waals surface area contributed by atoms with E-state index in [1.807, 2.05) is 12.4 Å². The molecule has 3 heterocycles. The van der Waals surface area contributed by atoms with E-state index in [9.17, 15) is 0 Å². The molecule has 3 rings (SSSR count). The SMILES string of the molecule is CC(C)N(C[C@@H]1CCN(CCN)C1)c1ncc(B2OC(C)(C)C(C)(C)O2)cn1. The summed E-state index contributed by atoms with van der Waals surface area (Å²) in [6.07, 6.45) is 4.89. The van der Waals surface area contributed by atoms with Crippen LogP contribution in [0.4, 0.5) is 5.95 Å². The van der Waals surface area contributed by atoms with Gasteiger partial charge in [0.1, 0.15) is 0 Å². The molecule has 7 nitrogen and oxygen atoms in total. The highest BCUT2D eigenvalue weighted by atomic mass is 16.7. The summed E-state index contributed by atoms with van der Waals surface area (Å²) < 4.78 is 12.2. The highest BCUT2D eigenvalue weighted by Gasteiger charge is 2.52. The molecule has 2 aliphatic heterocycles. The topological polar surface area (TPSA) is 76.7 Å². The predicted molar refractivity (Wildman–Crippen MR) is 114 cm³/mol. The van der Waals surface area contributed by atoms with Crippen molar-refractivity contribution in [2.45, 2.75) is 65.2 Å². The number of hydrogen-bond donors (Lipinski definition) is 1. The van der Waals surface area contributed by atoms with Gasteiger partial charge in [-0.1, -0.05) is 0 Å². The lowest BCUT2D eigenvalue weighted by Gasteiger charge is -2.32. The average Bonchev–Trinajstić information content (AvgIpc) is 3.14. The predicted octanol–water partition coefficient (Wildman–Crippen LogP) is 1.27. The van der Waals surface area contributed by atoms with E-state index >= 15 is 0 Å². The fraction of sp³-hybridized carbons (Fsp3) is 0.800. The Morgan fingerprint density at radius 1 is 1.21 bits per heavy atom. The minimum atomic E-state index is -0.425. The molecule has 2 aliphatic rings. The molecular formula is C20H36BN5O2. The second kappa shape index (κ2) is 8.26. The lowest BCUT2D eigenvalue weighted by molar-refractivity contribution is 0.00578. The Morgan fingerprint density at radius 2 is 1.82 bits per heavy atom. The summed E-state index contributed by atoms with van der Waals surface area (Å²) in [5.41, 5.74) is 5.84. The molecule has 1 aromatic rings. The quantitative estimate of drug-likeness (QED) is 0.704. The zero-order valence-corrected chi connectivity index (χ0v) is 18.3. The Morgan fingerprint density at radius 3 is 2.36 bits per heavy atom. The molecule has 1 atom stereocenters. The molecule has 0 aromatic carbocycles. The molecule has 0 spiro atoms.